The Morgan fingerprint density at radius 3 is 2.68 bits per heavy atom. The average molecular weight is 265 g/mol. The van der Waals surface area contributed by atoms with Gasteiger partial charge in [-0.1, -0.05) is 0 Å². The maximum atomic E-state index is 5.67. The molecule has 1 aliphatic heterocycles. The summed E-state index contributed by atoms with van der Waals surface area (Å²) < 4.78 is 16.3. The second kappa shape index (κ2) is 7.36. The highest BCUT2D eigenvalue weighted by Gasteiger charge is 2.18. The van der Waals surface area contributed by atoms with E-state index >= 15 is 0 Å². The maximum Gasteiger partial charge on any atom is 0.119 e. The van der Waals surface area contributed by atoms with E-state index in [0.29, 0.717) is 18.8 Å². The molecule has 0 spiro atoms. The molecule has 0 saturated carbocycles. The van der Waals surface area contributed by atoms with Crippen LogP contribution in [0.4, 0.5) is 0 Å². The van der Waals surface area contributed by atoms with Crippen LogP contribution in [-0.4, -0.2) is 39.0 Å². The third-order valence-electron chi connectivity index (χ3n) is 3.35. The predicted molar refractivity (Wildman–Crippen MR) is 74.9 cm³/mol. The summed E-state index contributed by atoms with van der Waals surface area (Å²) in [6.07, 6.45) is 2.55. The molecule has 106 valence electrons. The van der Waals surface area contributed by atoms with Crippen LogP contribution in [0.15, 0.2) is 24.3 Å². The van der Waals surface area contributed by atoms with Crippen molar-refractivity contribution in [1.82, 2.24) is 5.32 Å². The first-order valence-electron chi connectivity index (χ1n) is 6.90. The molecule has 4 nitrogen and oxygen atoms in total. The Hall–Kier alpha value is -1.26. The van der Waals surface area contributed by atoms with Crippen molar-refractivity contribution >= 4 is 0 Å². The number of benzene rings is 1. The lowest BCUT2D eigenvalue weighted by Crippen LogP contribution is -2.39. The lowest BCUT2D eigenvalue weighted by atomic mass is 10.0. The molecule has 1 fully saturated rings. The SMILES string of the molecule is COc1ccc(OCCNC2CCOC(C)C2)cc1. The highest BCUT2D eigenvalue weighted by atomic mass is 16.5. The molecule has 2 unspecified atom stereocenters. The Kier molecular flexibility index (Phi) is 5.48. The molecular formula is C15H23NO3. The molecule has 2 rings (SSSR count). The van der Waals surface area contributed by atoms with Gasteiger partial charge in [-0.3, -0.25) is 0 Å². The largest absolute Gasteiger partial charge is 0.497 e. The zero-order valence-electron chi connectivity index (χ0n) is 11.7. The molecular weight excluding hydrogens is 242 g/mol. The van der Waals surface area contributed by atoms with E-state index in [0.717, 1.165) is 37.5 Å². The Labute approximate surface area is 115 Å². The molecule has 2 atom stereocenters. The predicted octanol–water partition coefficient (Wildman–Crippen LogP) is 2.23. The Balaban J connectivity index is 1.63. The van der Waals surface area contributed by atoms with Crippen molar-refractivity contribution in [3.8, 4) is 11.5 Å². The lowest BCUT2D eigenvalue weighted by molar-refractivity contribution is 0.0129. The highest BCUT2D eigenvalue weighted by Crippen LogP contribution is 2.17. The van der Waals surface area contributed by atoms with Crippen LogP contribution in [0.3, 0.4) is 0 Å². The number of methoxy groups -OCH3 is 1. The minimum absolute atomic E-state index is 0.369. The molecule has 1 aromatic rings. The van der Waals surface area contributed by atoms with Gasteiger partial charge in [0.1, 0.15) is 18.1 Å². The van der Waals surface area contributed by atoms with E-state index in [4.69, 9.17) is 14.2 Å². The van der Waals surface area contributed by atoms with E-state index in [1.165, 1.54) is 0 Å². The third-order valence-corrected chi connectivity index (χ3v) is 3.35. The summed E-state index contributed by atoms with van der Waals surface area (Å²) >= 11 is 0. The summed E-state index contributed by atoms with van der Waals surface area (Å²) in [4.78, 5) is 0. The van der Waals surface area contributed by atoms with E-state index in [2.05, 4.69) is 12.2 Å². The van der Waals surface area contributed by atoms with Gasteiger partial charge in [0.05, 0.1) is 13.2 Å². The first-order valence-corrected chi connectivity index (χ1v) is 6.90. The Morgan fingerprint density at radius 2 is 2.00 bits per heavy atom. The number of nitrogens with one attached hydrogen (secondary N) is 1. The Bertz CT molecular complexity index is 366. The topological polar surface area (TPSA) is 39.7 Å². The van der Waals surface area contributed by atoms with Gasteiger partial charge in [-0.2, -0.15) is 0 Å². The molecule has 1 aliphatic rings. The molecule has 1 saturated heterocycles. The number of hydrogen-bond donors (Lipinski definition) is 1. The molecule has 4 heteroatoms. The summed E-state index contributed by atoms with van der Waals surface area (Å²) in [7, 11) is 1.66. The minimum Gasteiger partial charge on any atom is -0.497 e. The molecule has 0 aromatic heterocycles. The van der Waals surface area contributed by atoms with Gasteiger partial charge in [0.25, 0.3) is 0 Å². The van der Waals surface area contributed by atoms with Crippen LogP contribution in [0.25, 0.3) is 0 Å². The van der Waals surface area contributed by atoms with Crippen molar-refractivity contribution in [3.63, 3.8) is 0 Å². The standard InChI is InChI=1S/C15H23NO3/c1-12-11-13(7-9-18-12)16-8-10-19-15-5-3-14(17-2)4-6-15/h3-6,12-13,16H,7-11H2,1-2H3. The summed E-state index contributed by atoms with van der Waals surface area (Å²) in [5, 5.41) is 3.52. The fourth-order valence-corrected chi connectivity index (χ4v) is 2.29. The van der Waals surface area contributed by atoms with Crippen LogP contribution in [-0.2, 0) is 4.74 Å². The van der Waals surface area contributed by atoms with Gasteiger partial charge >= 0.3 is 0 Å². The fourth-order valence-electron chi connectivity index (χ4n) is 2.29. The van der Waals surface area contributed by atoms with Crippen LogP contribution in [0.5, 0.6) is 11.5 Å². The van der Waals surface area contributed by atoms with Gasteiger partial charge < -0.3 is 19.5 Å². The number of rotatable bonds is 6. The van der Waals surface area contributed by atoms with Gasteiger partial charge in [0.15, 0.2) is 0 Å². The van der Waals surface area contributed by atoms with Crippen LogP contribution in [0.1, 0.15) is 19.8 Å². The molecule has 0 amide bonds. The van der Waals surface area contributed by atoms with E-state index in [1.807, 2.05) is 24.3 Å². The second-order valence-electron chi connectivity index (χ2n) is 4.88. The first kappa shape index (κ1) is 14.2. The van der Waals surface area contributed by atoms with Crippen LogP contribution in [0, 0.1) is 0 Å². The zero-order chi connectivity index (χ0) is 13.5. The van der Waals surface area contributed by atoms with Gasteiger partial charge in [0, 0.05) is 19.2 Å². The monoisotopic (exact) mass is 265 g/mol. The summed E-state index contributed by atoms with van der Waals surface area (Å²) in [6.45, 7) is 4.53. The van der Waals surface area contributed by atoms with Gasteiger partial charge in [-0.15, -0.1) is 0 Å². The van der Waals surface area contributed by atoms with Crippen LogP contribution < -0.4 is 14.8 Å². The van der Waals surface area contributed by atoms with Gasteiger partial charge in [-0.05, 0) is 44.0 Å². The summed E-state index contributed by atoms with van der Waals surface area (Å²) in [5.74, 6) is 1.73. The average Bonchev–Trinajstić information content (AvgIpc) is 2.44. The van der Waals surface area contributed by atoms with Gasteiger partial charge in [-0.25, -0.2) is 0 Å². The molecule has 1 N–H and O–H groups in total. The first-order chi connectivity index (χ1) is 9.28. The van der Waals surface area contributed by atoms with Crippen molar-refractivity contribution in [2.45, 2.75) is 31.9 Å². The van der Waals surface area contributed by atoms with E-state index in [1.54, 1.807) is 7.11 Å². The zero-order valence-corrected chi connectivity index (χ0v) is 11.7. The van der Waals surface area contributed by atoms with Crippen LogP contribution >= 0.6 is 0 Å². The van der Waals surface area contributed by atoms with E-state index < -0.39 is 0 Å². The van der Waals surface area contributed by atoms with Crippen molar-refractivity contribution < 1.29 is 14.2 Å². The van der Waals surface area contributed by atoms with Crippen molar-refractivity contribution in [2.24, 2.45) is 0 Å². The molecule has 0 aliphatic carbocycles. The lowest BCUT2D eigenvalue weighted by Gasteiger charge is -2.28. The van der Waals surface area contributed by atoms with Crippen molar-refractivity contribution in [1.29, 1.82) is 0 Å². The quantitative estimate of drug-likeness (QED) is 0.801. The van der Waals surface area contributed by atoms with E-state index in [9.17, 15) is 0 Å². The second-order valence-corrected chi connectivity index (χ2v) is 4.88. The van der Waals surface area contributed by atoms with Crippen molar-refractivity contribution in [2.75, 3.05) is 26.9 Å². The molecule has 1 aromatic carbocycles. The normalized spacial score (nSPS) is 23.1. The summed E-state index contributed by atoms with van der Waals surface area (Å²) in [5.41, 5.74) is 0. The maximum absolute atomic E-state index is 5.67. The molecule has 0 radical (unpaired) electrons. The van der Waals surface area contributed by atoms with E-state index in [-0.39, 0.29) is 0 Å². The van der Waals surface area contributed by atoms with Gasteiger partial charge in [0.2, 0.25) is 0 Å². The smallest absolute Gasteiger partial charge is 0.119 e. The molecule has 1 heterocycles. The Morgan fingerprint density at radius 1 is 1.26 bits per heavy atom. The summed E-state index contributed by atoms with van der Waals surface area (Å²) in [6, 6.07) is 8.22. The fraction of sp³-hybridized carbons (Fsp3) is 0.600. The van der Waals surface area contributed by atoms with Crippen molar-refractivity contribution in [3.05, 3.63) is 24.3 Å². The molecule has 0 bridgehead atoms. The molecule has 19 heavy (non-hydrogen) atoms. The minimum atomic E-state index is 0.369. The third kappa shape index (κ3) is 4.73. The highest BCUT2D eigenvalue weighted by molar-refractivity contribution is 5.31. The number of hydrogen-bond acceptors (Lipinski definition) is 4. The van der Waals surface area contributed by atoms with Crippen LogP contribution in [0.2, 0.25) is 0 Å². The number of ether oxygens (including phenoxy) is 3.